The van der Waals surface area contributed by atoms with Crippen LogP contribution in [0.25, 0.3) is 0 Å². The molecule has 0 rings (SSSR count). The van der Waals surface area contributed by atoms with Crippen molar-refractivity contribution in [2.75, 3.05) is 47.5 Å². The highest BCUT2D eigenvalue weighted by Crippen LogP contribution is 2.38. The third kappa shape index (κ3) is 40.8. The van der Waals surface area contributed by atoms with Crippen LogP contribution in [-0.2, 0) is 32.7 Å². The fraction of sp³-hybridized carbons (Fsp3) is 0.708. The van der Waals surface area contributed by atoms with E-state index in [0.29, 0.717) is 17.4 Å². The highest BCUT2D eigenvalue weighted by Gasteiger charge is 2.22. The summed E-state index contributed by atoms with van der Waals surface area (Å²) in [5.74, 6) is -1.14. The Bertz CT molecular complexity index is 1290. The van der Waals surface area contributed by atoms with Crippen molar-refractivity contribution in [3.05, 3.63) is 72.9 Å². The molecule has 0 bridgehead atoms. The minimum absolute atomic E-state index is 0.0884. The largest absolute Gasteiger partial charge is 0.756 e. The van der Waals surface area contributed by atoms with Crippen LogP contribution in [-0.4, -0.2) is 92.5 Å². The minimum Gasteiger partial charge on any atom is -0.756 e. The third-order valence-corrected chi connectivity index (χ3v) is 10.4. The number of phosphoric ester groups is 1. The number of phosphoric acid groups is 1. The van der Waals surface area contributed by atoms with Crippen molar-refractivity contribution in [3.63, 3.8) is 0 Å². The lowest BCUT2D eigenvalue weighted by molar-refractivity contribution is -0.870. The number of hydrogen-bond donors (Lipinski definition) is 2. The number of rotatable bonds is 40. The first kappa shape index (κ1) is 57.4. The van der Waals surface area contributed by atoms with E-state index < -0.39 is 44.7 Å². The van der Waals surface area contributed by atoms with Crippen molar-refractivity contribution in [3.8, 4) is 0 Å². The summed E-state index contributed by atoms with van der Waals surface area (Å²) >= 11 is 0. The maximum Gasteiger partial charge on any atom is 0.306 e. The van der Waals surface area contributed by atoms with Gasteiger partial charge in [0.05, 0.1) is 40.0 Å². The van der Waals surface area contributed by atoms with Gasteiger partial charge in [-0.1, -0.05) is 132 Å². The molecule has 0 amide bonds. The van der Waals surface area contributed by atoms with E-state index in [0.717, 1.165) is 64.2 Å². The van der Waals surface area contributed by atoms with Crippen LogP contribution >= 0.6 is 7.82 Å². The van der Waals surface area contributed by atoms with Crippen LogP contribution in [0.1, 0.15) is 155 Å². The van der Waals surface area contributed by atoms with E-state index in [1.54, 1.807) is 0 Å². The third-order valence-electron chi connectivity index (χ3n) is 9.41. The number of ether oxygens (including phenoxy) is 2. The molecule has 11 nitrogen and oxygen atoms in total. The van der Waals surface area contributed by atoms with E-state index >= 15 is 0 Å². The summed E-state index contributed by atoms with van der Waals surface area (Å²) in [5.41, 5.74) is 0. The molecule has 60 heavy (non-hydrogen) atoms. The van der Waals surface area contributed by atoms with E-state index in [9.17, 15) is 29.3 Å². The Kier molecular flexibility index (Phi) is 37.5. The first-order chi connectivity index (χ1) is 28.8. The van der Waals surface area contributed by atoms with Crippen LogP contribution < -0.4 is 4.89 Å². The number of carbonyl (C=O) groups is 2. The van der Waals surface area contributed by atoms with Crippen LogP contribution in [0.2, 0.25) is 0 Å². The molecule has 4 atom stereocenters. The predicted molar refractivity (Wildman–Crippen MR) is 243 cm³/mol. The van der Waals surface area contributed by atoms with Gasteiger partial charge in [-0.05, 0) is 83.5 Å². The van der Waals surface area contributed by atoms with Gasteiger partial charge in [-0.3, -0.25) is 14.2 Å². The second-order valence-corrected chi connectivity index (χ2v) is 17.7. The van der Waals surface area contributed by atoms with Gasteiger partial charge in [0.25, 0.3) is 7.82 Å². The van der Waals surface area contributed by atoms with E-state index in [1.807, 2.05) is 39.4 Å². The summed E-state index contributed by atoms with van der Waals surface area (Å²) in [6.45, 7) is 3.72. The molecule has 0 saturated heterocycles. The summed E-state index contributed by atoms with van der Waals surface area (Å²) in [4.78, 5) is 37.6. The lowest BCUT2D eigenvalue weighted by Gasteiger charge is -2.28. The molecule has 0 radical (unpaired) electrons. The highest BCUT2D eigenvalue weighted by atomic mass is 31.2. The summed E-state index contributed by atoms with van der Waals surface area (Å²) in [7, 11) is 0.971. The fourth-order valence-electron chi connectivity index (χ4n) is 5.71. The van der Waals surface area contributed by atoms with Gasteiger partial charge in [-0.15, -0.1) is 0 Å². The molecule has 0 aromatic carbocycles. The molecule has 0 aliphatic heterocycles. The van der Waals surface area contributed by atoms with Crippen molar-refractivity contribution in [1.29, 1.82) is 0 Å². The molecule has 0 aliphatic rings. The van der Waals surface area contributed by atoms with Gasteiger partial charge < -0.3 is 38.1 Å². The number of aliphatic hydroxyl groups excluding tert-OH is 2. The number of carbonyl (C=O) groups excluding carboxylic acids is 2. The monoisotopic (exact) mass is 866 g/mol. The number of nitrogens with zero attached hydrogens (tertiary/aromatic N) is 1. The van der Waals surface area contributed by atoms with Crippen molar-refractivity contribution >= 4 is 19.8 Å². The maximum absolute atomic E-state index is 12.7. The summed E-state index contributed by atoms with van der Waals surface area (Å²) in [6.07, 6.45) is 41.0. The maximum atomic E-state index is 12.7. The van der Waals surface area contributed by atoms with Gasteiger partial charge in [0.2, 0.25) is 0 Å². The molecule has 0 fully saturated rings. The van der Waals surface area contributed by atoms with Gasteiger partial charge in [0.1, 0.15) is 19.8 Å². The normalized spacial score (nSPS) is 15.3. The van der Waals surface area contributed by atoms with Crippen LogP contribution in [0.3, 0.4) is 0 Å². The molecule has 1 unspecified atom stereocenters. The Morgan fingerprint density at radius 2 is 1.13 bits per heavy atom. The number of unbranched alkanes of at least 4 members (excludes halogenated alkanes) is 10. The number of esters is 2. The molecule has 0 aromatic heterocycles. The van der Waals surface area contributed by atoms with Crippen molar-refractivity contribution in [1.82, 2.24) is 0 Å². The van der Waals surface area contributed by atoms with Gasteiger partial charge >= 0.3 is 11.9 Å². The number of hydrogen-bond acceptors (Lipinski definition) is 10. The van der Waals surface area contributed by atoms with Gasteiger partial charge in [0, 0.05) is 12.8 Å². The van der Waals surface area contributed by atoms with Gasteiger partial charge in [-0.25, -0.2) is 0 Å². The fourth-order valence-corrected chi connectivity index (χ4v) is 6.44. The summed E-state index contributed by atoms with van der Waals surface area (Å²) in [5, 5.41) is 20.8. The molecule has 2 N–H and O–H groups in total. The molecule has 0 aromatic rings. The summed E-state index contributed by atoms with van der Waals surface area (Å²) in [6, 6.07) is 0. The number of likely N-dealkylation sites (N-methyl/N-ethyl adjacent to an activating group) is 1. The molecule has 0 saturated carbocycles. The lowest BCUT2D eigenvalue weighted by Crippen LogP contribution is -2.37. The zero-order valence-electron chi connectivity index (χ0n) is 38.1. The van der Waals surface area contributed by atoms with Crippen molar-refractivity contribution in [2.45, 2.75) is 173 Å². The first-order valence-electron chi connectivity index (χ1n) is 22.8. The van der Waals surface area contributed by atoms with Crippen LogP contribution in [0.15, 0.2) is 72.9 Å². The Morgan fingerprint density at radius 3 is 1.72 bits per heavy atom. The highest BCUT2D eigenvalue weighted by molar-refractivity contribution is 7.45. The number of allylic oxidation sites excluding steroid dienone is 11. The average molecular weight is 866 g/mol. The zero-order chi connectivity index (χ0) is 44.6. The van der Waals surface area contributed by atoms with E-state index in [2.05, 4.69) is 68.5 Å². The van der Waals surface area contributed by atoms with Crippen LogP contribution in [0.4, 0.5) is 0 Å². The average Bonchev–Trinajstić information content (AvgIpc) is 3.19. The Balaban J connectivity index is 4.60. The van der Waals surface area contributed by atoms with Gasteiger partial charge in [-0.2, -0.15) is 0 Å². The van der Waals surface area contributed by atoms with E-state index in [-0.39, 0.29) is 45.3 Å². The van der Waals surface area contributed by atoms with E-state index in [4.69, 9.17) is 18.5 Å². The molecule has 12 heteroatoms. The predicted octanol–water partition coefficient (Wildman–Crippen LogP) is 10.3. The number of quaternary nitrogens is 1. The Labute approximate surface area is 364 Å². The Hall–Kier alpha value is -2.63. The van der Waals surface area contributed by atoms with Crippen LogP contribution in [0, 0.1) is 0 Å². The first-order valence-corrected chi connectivity index (χ1v) is 24.3. The summed E-state index contributed by atoms with van der Waals surface area (Å²) < 4.78 is 33.7. The zero-order valence-corrected chi connectivity index (χ0v) is 39.0. The second-order valence-electron chi connectivity index (χ2n) is 16.3. The van der Waals surface area contributed by atoms with Gasteiger partial charge in [0.15, 0.2) is 6.10 Å². The standard InChI is InChI=1S/C48H84NO10P/c1-6-8-10-12-14-16-18-20-21-22-23-24-26-28-30-32-34-38-47(52)56-42-44(43-58-60(54,55)57-41-40-49(3,4)5)59-48(53)39-35-37-46(51)45(50)36-33-31-29-27-25-19-17-15-13-11-9-7-2/h9,11,14-17,20-21,25,27,31,33,44-46,50-51H,6-8,10,12-13,18-19,22-24,26,28-30,32,34-43H2,1-5H3/b11-9-,16-14-,17-15-,21-20-,27-25-,33-31-/t44-,45-,46-/m1/s1. The molecular formula is C48H84NO10P. The topological polar surface area (TPSA) is 152 Å². The minimum atomic E-state index is -4.71. The quantitative estimate of drug-likeness (QED) is 0.0200. The molecule has 346 valence electrons. The molecule has 0 heterocycles. The number of aliphatic hydroxyl groups is 2. The lowest BCUT2D eigenvalue weighted by atomic mass is 10.0. The van der Waals surface area contributed by atoms with Crippen molar-refractivity contribution in [2.24, 2.45) is 0 Å². The molecule has 0 aliphatic carbocycles. The van der Waals surface area contributed by atoms with Crippen molar-refractivity contribution < 1.29 is 52.3 Å². The smallest absolute Gasteiger partial charge is 0.306 e. The molecular weight excluding hydrogens is 781 g/mol. The van der Waals surface area contributed by atoms with Crippen LogP contribution in [0.5, 0.6) is 0 Å². The SMILES string of the molecule is CC/C=C\C/C=C\C/C=C\C/C=C\C[C@@H](O)[C@H](O)CCCC(=O)O[C@H](COC(=O)CCCCCCCCC/C=C\C/C=C\CCCCC)COP(=O)([O-])OCC[N+](C)(C)C. The van der Waals surface area contributed by atoms with E-state index in [1.165, 1.54) is 38.5 Å². The second kappa shape index (κ2) is 39.2. The molecule has 0 spiro atoms. The Morgan fingerprint density at radius 1 is 0.617 bits per heavy atom.